The summed E-state index contributed by atoms with van der Waals surface area (Å²) >= 11 is 5.96. The van der Waals surface area contributed by atoms with Crippen LogP contribution in [0.1, 0.15) is 18.1 Å². The molecule has 0 fully saturated rings. The largest absolute Gasteiger partial charge is 0.416 e. The van der Waals surface area contributed by atoms with E-state index in [9.17, 15) is 21.6 Å². The Morgan fingerprint density at radius 3 is 2.29 bits per heavy atom. The van der Waals surface area contributed by atoms with Crippen LogP contribution in [0.5, 0.6) is 0 Å². The quantitative estimate of drug-likeness (QED) is 0.277. The van der Waals surface area contributed by atoms with Crippen LogP contribution >= 0.6 is 11.6 Å². The van der Waals surface area contributed by atoms with Crippen molar-refractivity contribution < 1.29 is 21.6 Å². The minimum absolute atomic E-state index is 0.0727. The number of alkyl halides is 3. The Hall–Kier alpha value is -3.30. The lowest BCUT2D eigenvalue weighted by Crippen LogP contribution is -2.31. The van der Waals surface area contributed by atoms with E-state index in [-0.39, 0.29) is 12.3 Å². The maximum atomic E-state index is 12.9. The molecule has 10 heteroatoms. The van der Waals surface area contributed by atoms with Gasteiger partial charge in [0, 0.05) is 16.8 Å². The second-order valence-corrected chi connectivity index (χ2v) is 10.4. The zero-order chi connectivity index (χ0) is 25.2. The number of rotatable bonds is 7. The van der Waals surface area contributed by atoms with Crippen LogP contribution in [0, 0.1) is 0 Å². The molecule has 0 unspecified atom stereocenters. The summed E-state index contributed by atoms with van der Waals surface area (Å²) in [7, 11) is -3.59. The summed E-state index contributed by atoms with van der Waals surface area (Å²) in [6, 6.07) is 18.7. The van der Waals surface area contributed by atoms with Gasteiger partial charge in [-0.25, -0.2) is 13.1 Å². The van der Waals surface area contributed by atoms with E-state index in [1.807, 2.05) is 6.07 Å². The number of anilines is 1. The van der Waals surface area contributed by atoms with Crippen LogP contribution in [0.15, 0.2) is 85.2 Å². The van der Waals surface area contributed by atoms with Gasteiger partial charge in [-0.2, -0.15) is 18.3 Å². The first-order chi connectivity index (χ1) is 16.6. The highest BCUT2D eigenvalue weighted by atomic mass is 35.5. The second-order valence-electron chi connectivity index (χ2n) is 7.80. The van der Waals surface area contributed by atoms with E-state index in [0.29, 0.717) is 27.5 Å². The summed E-state index contributed by atoms with van der Waals surface area (Å²) < 4.78 is 67.2. The number of hydrogen-bond acceptors (Lipinski definition) is 3. The van der Waals surface area contributed by atoms with Gasteiger partial charge >= 0.3 is 6.18 Å². The van der Waals surface area contributed by atoms with Crippen molar-refractivity contribution in [3.8, 4) is 16.8 Å². The van der Waals surface area contributed by atoms with Gasteiger partial charge in [0.15, 0.2) is 0 Å². The molecule has 182 valence electrons. The zero-order valence-corrected chi connectivity index (χ0v) is 20.1. The fourth-order valence-electron chi connectivity index (χ4n) is 3.52. The molecule has 3 aromatic carbocycles. The summed E-state index contributed by atoms with van der Waals surface area (Å²) in [5.41, 5.74) is 2.41. The summed E-state index contributed by atoms with van der Waals surface area (Å²) in [6.45, 7) is 1.73. The van der Waals surface area contributed by atoms with Crippen molar-refractivity contribution in [3.05, 3.63) is 101 Å². The van der Waals surface area contributed by atoms with Gasteiger partial charge < -0.3 is 0 Å². The summed E-state index contributed by atoms with van der Waals surface area (Å²) in [5, 5.41) is 4.82. The molecule has 0 saturated heterocycles. The molecule has 1 aromatic heterocycles. The first-order valence-corrected chi connectivity index (χ1v) is 12.6. The highest BCUT2D eigenvalue weighted by Gasteiger charge is 2.30. The minimum atomic E-state index is -4.41. The zero-order valence-electron chi connectivity index (χ0n) is 18.6. The predicted octanol–water partition coefficient (Wildman–Crippen LogP) is 6.57. The molecule has 0 amide bonds. The summed E-state index contributed by atoms with van der Waals surface area (Å²) in [4.78, 5) is 0. The van der Waals surface area contributed by atoms with Crippen molar-refractivity contribution in [2.24, 2.45) is 0 Å². The number of benzene rings is 3. The van der Waals surface area contributed by atoms with Crippen molar-refractivity contribution >= 4 is 27.3 Å². The topological polar surface area (TPSA) is 55.2 Å². The Morgan fingerprint density at radius 2 is 1.66 bits per heavy atom. The van der Waals surface area contributed by atoms with Crippen LogP contribution in [0.25, 0.3) is 16.8 Å². The Kier molecular flexibility index (Phi) is 6.91. The van der Waals surface area contributed by atoms with Gasteiger partial charge in [0.1, 0.15) is 0 Å². The van der Waals surface area contributed by atoms with Crippen molar-refractivity contribution in [1.29, 1.82) is 0 Å². The summed E-state index contributed by atoms with van der Waals surface area (Å²) in [6.07, 6.45) is -1.15. The molecule has 0 aliphatic carbocycles. The Labute approximate surface area is 206 Å². The van der Waals surface area contributed by atoms with Gasteiger partial charge in [-0.05, 0) is 66.6 Å². The normalized spacial score (nSPS) is 12.0. The maximum absolute atomic E-state index is 12.9. The van der Waals surface area contributed by atoms with Crippen molar-refractivity contribution in [1.82, 2.24) is 9.78 Å². The number of sulfonamides is 1. The molecule has 35 heavy (non-hydrogen) atoms. The highest BCUT2D eigenvalue weighted by Crippen LogP contribution is 2.31. The van der Waals surface area contributed by atoms with E-state index in [4.69, 9.17) is 11.6 Å². The standard InChI is InChI=1S/C25H21ClF3N3O2S/c1-2-35(33,34)32(16-18-6-10-22(26)11-7-18)24-5-3-4-19(14-24)20-15-30-31(17-20)23-12-8-21(9-13-23)25(27,28)29/h3-15,17H,2,16H2,1H3. The van der Waals surface area contributed by atoms with Gasteiger partial charge in [-0.3, -0.25) is 4.31 Å². The van der Waals surface area contributed by atoms with Gasteiger partial charge in [0.25, 0.3) is 0 Å². The van der Waals surface area contributed by atoms with E-state index in [1.54, 1.807) is 61.8 Å². The van der Waals surface area contributed by atoms with Crippen LogP contribution in [-0.4, -0.2) is 24.0 Å². The molecule has 1 heterocycles. The van der Waals surface area contributed by atoms with Crippen molar-refractivity contribution in [3.63, 3.8) is 0 Å². The lowest BCUT2D eigenvalue weighted by Gasteiger charge is -2.24. The molecular formula is C25H21ClF3N3O2S. The van der Waals surface area contributed by atoms with E-state index in [2.05, 4.69) is 5.10 Å². The molecule has 0 aliphatic heterocycles. The molecule has 4 rings (SSSR count). The molecule has 0 saturated carbocycles. The minimum Gasteiger partial charge on any atom is -0.266 e. The first-order valence-electron chi connectivity index (χ1n) is 10.6. The van der Waals surface area contributed by atoms with E-state index >= 15 is 0 Å². The Bertz CT molecular complexity index is 1420. The van der Waals surface area contributed by atoms with Crippen LogP contribution in [0.2, 0.25) is 5.02 Å². The third kappa shape index (κ3) is 5.68. The van der Waals surface area contributed by atoms with Crippen LogP contribution in [0.4, 0.5) is 18.9 Å². The van der Waals surface area contributed by atoms with Crippen LogP contribution in [0.3, 0.4) is 0 Å². The predicted molar refractivity (Wildman–Crippen MR) is 131 cm³/mol. The molecule has 0 radical (unpaired) electrons. The molecular weight excluding hydrogens is 499 g/mol. The molecule has 0 aliphatic rings. The monoisotopic (exact) mass is 519 g/mol. The number of nitrogens with zero attached hydrogens (tertiary/aromatic N) is 3. The average molecular weight is 520 g/mol. The maximum Gasteiger partial charge on any atom is 0.416 e. The first kappa shape index (κ1) is 24.8. The Balaban J connectivity index is 1.64. The highest BCUT2D eigenvalue weighted by molar-refractivity contribution is 7.92. The molecule has 0 N–H and O–H groups in total. The SMILES string of the molecule is CCS(=O)(=O)N(Cc1ccc(Cl)cc1)c1cccc(-c2cnn(-c3ccc(C(F)(F)F)cc3)c2)c1. The third-order valence-electron chi connectivity index (χ3n) is 5.45. The van der Waals surface area contributed by atoms with Gasteiger partial charge in [0.2, 0.25) is 10.0 Å². The molecule has 4 aromatic rings. The number of aromatic nitrogens is 2. The van der Waals surface area contributed by atoms with Crippen molar-refractivity contribution in [2.45, 2.75) is 19.6 Å². The number of halogens is 4. The second kappa shape index (κ2) is 9.75. The average Bonchev–Trinajstić information content (AvgIpc) is 3.34. The van der Waals surface area contributed by atoms with Gasteiger partial charge in [-0.15, -0.1) is 0 Å². The van der Waals surface area contributed by atoms with Crippen LogP contribution in [-0.2, 0) is 22.7 Å². The molecule has 0 atom stereocenters. The van der Waals surface area contributed by atoms with Gasteiger partial charge in [-0.1, -0.05) is 35.9 Å². The van der Waals surface area contributed by atoms with Crippen molar-refractivity contribution in [2.75, 3.05) is 10.1 Å². The van der Waals surface area contributed by atoms with E-state index in [0.717, 1.165) is 17.7 Å². The van der Waals surface area contributed by atoms with E-state index in [1.165, 1.54) is 21.1 Å². The number of hydrogen-bond donors (Lipinski definition) is 0. The van der Waals surface area contributed by atoms with Gasteiger partial charge in [0.05, 0.1) is 35.4 Å². The lowest BCUT2D eigenvalue weighted by molar-refractivity contribution is -0.137. The fraction of sp³-hybridized carbons (Fsp3) is 0.160. The third-order valence-corrected chi connectivity index (χ3v) is 7.44. The summed E-state index contributed by atoms with van der Waals surface area (Å²) in [5.74, 6) is -0.0727. The fourth-order valence-corrected chi connectivity index (χ4v) is 4.74. The van der Waals surface area contributed by atoms with E-state index < -0.39 is 21.8 Å². The lowest BCUT2D eigenvalue weighted by atomic mass is 10.1. The smallest absolute Gasteiger partial charge is 0.266 e. The molecule has 0 spiro atoms. The Morgan fingerprint density at radius 1 is 0.971 bits per heavy atom. The molecule has 0 bridgehead atoms. The van der Waals surface area contributed by atoms with Crippen LogP contribution < -0.4 is 4.31 Å². The molecule has 5 nitrogen and oxygen atoms in total.